The highest BCUT2D eigenvalue weighted by molar-refractivity contribution is 5.86. The molecule has 2 heterocycles. The minimum Gasteiger partial charge on any atom is -0.353 e. The van der Waals surface area contributed by atoms with Crippen LogP contribution in [0.2, 0.25) is 0 Å². The third-order valence-corrected chi connectivity index (χ3v) is 3.74. The molecule has 1 aromatic heterocycles. The Labute approximate surface area is 121 Å². The third kappa shape index (κ3) is 2.20. The molecule has 112 valence electrons. The summed E-state index contributed by atoms with van der Waals surface area (Å²) in [5.41, 5.74) is -1.28. The van der Waals surface area contributed by atoms with E-state index in [2.05, 4.69) is 5.32 Å². The highest BCUT2D eigenvalue weighted by atomic mass is 16.2. The second kappa shape index (κ2) is 5.44. The van der Waals surface area contributed by atoms with Crippen LogP contribution in [0, 0.1) is 11.3 Å². The van der Waals surface area contributed by atoms with Crippen LogP contribution in [0.15, 0.2) is 9.59 Å². The Bertz CT molecular complexity index is 740. The van der Waals surface area contributed by atoms with Gasteiger partial charge in [0.05, 0.1) is 0 Å². The molecule has 0 aromatic carbocycles. The number of piperazine rings is 1. The maximum atomic E-state index is 12.1. The SMILES string of the molecule is CC[C@H]1C(=O)NCCN1c1c(C#N)c(=O)n(C)c(=O)n1C. The molecule has 0 aliphatic carbocycles. The van der Waals surface area contributed by atoms with E-state index in [9.17, 15) is 19.6 Å². The van der Waals surface area contributed by atoms with Gasteiger partial charge >= 0.3 is 5.69 Å². The van der Waals surface area contributed by atoms with Gasteiger partial charge in [0, 0.05) is 27.2 Å². The third-order valence-electron chi connectivity index (χ3n) is 3.74. The topological polar surface area (TPSA) is 100 Å². The van der Waals surface area contributed by atoms with Crippen molar-refractivity contribution in [2.75, 3.05) is 18.0 Å². The number of nitrogens with one attached hydrogen (secondary N) is 1. The van der Waals surface area contributed by atoms with E-state index in [-0.39, 0.29) is 17.3 Å². The van der Waals surface area contributed by atoms with Crippen molar-refractivity contribution in [3.63, 3.8) is 0 Å². The number of anilines is 1. The predicted molar refractivity (Wildman–Crippen MR) is 76.1 cm³/mol. The van der Waals surface area contributed by atoms with Gasteiger partial charge in [-0.3, -0.25) is 18.7 Å². The highest BCUT2D eigenvalue weighted by Crippen LogP contribution is 2.20. The largest absolute Gasteiger partial charge is 0.353 e. The number of aromatic nitrogens is 2. The average Bonchev–Trinajstić information content (AvgIpc) is 2.48. The molecule has 8 nitrogen and oxygen atoms in total. The zero-order valence-corrected chi connectivity index (χ0v) is 12.2. The molecule has 0 unspecified atom stereocenters. The van der Waals surface area contributed by atoms with Crippen molar-refractivity contribution in [3.05, 3.63) is 26.4 Å². The summed E-state index contributed by atoms with van der Waals surface area (Å²) in [5, 5.41) is 12.0. The minimum atomic E-state index is -0.642. The minimum absolute atomic E-state index is 0.118. The van der Waals surface area contributed by atoms with Gasteiger partial charge in [0.25, 0.3) is 5.56 Å². The van der Waals surface area contributed by atoms with Gasteiger partial charge in [-0.1, -0.05) is 6.92 Å². The van der Waals surface area contributed by atoms with Crippen LogP contribution in [0.4, 0.5) is 5.82 Å². The van der Waals surface area contributed by atoms with Crippen molar-refractivity contribution < 1.29 is 4.79 Å². The van der Waals surface area contributed by atoms with Crippen LogP contribution in [0.5, 0.6) is 0 Å². The second-order valence-electron chi connectivity index (χ2n) is 4.92. The Morgan fingerprint density at radius 3 is 2.52 bits per heavy atom. The lowest BCUT2D eigenvalue weighted by molar-refractivity contribution is -0.123. The predicted octanol–water partition coefficient (Wildman–Crippen LogP) is -1.33. The summed E-state index contributed by atoms with van der Waals surface area (Å²) in [6.07, 6.45) is 0.514. The van der Waals surface area contributed by atoms with Crippen LogP contribution in [0.3, 0.4) is 0 Å². The molecule has 0 bridgehead atoms. The van der Waals surface area contributed by atoms with Gasteiger partial charge in [-0.2, -0.15) is 5.26 Å². The molecule has 1 saturated heterocycles. The standard InChI is InChI=1S/C13H17N5O3/c1-4-9-10(19)15-5-6-18(9)11-8(7-14)12(20)17(3)13(21)16(11)2/h9H,4-6H2,1-3H3,(H,15,19)/t9-/m0/s1. The molecule has 1 atom stereocenters. The van der Waals surface area contributed by atoms with E-state index in [0.717, 1.165) is 4.57 Å². The summed E-state index contributed by atoms with van der Waals surface area (Å²) < 4.78 is 2.15. The molecule has 1 fully saturated rings. The van der Waals surface area contributed by atoms with Crippen LogP contribution >= 0.6 is 0 Å². The summed E-state index contributed by atoms with van der Waals surface area (Å²) in [6.45, 7) is 2.69. The van der Waals surface area contributed by atoms with E-state index < -0.39 is 17.3 Å². The number of rotatable bonds is 2. The fourth-order valence-corrected chi connectivity index (χ4v) is 2.64. The van der Waals surface area contributed by atoms with Crippen molar-refractivity contribution in [2.24, 2.45) is 14.1 Å². The zero-order chi connectivity index (χ0) is 15.7. The first-order valence-corrected chi connectivity index (χ1v) is 6.68. The Morgan fingerprint density at radius 2 is 1.95 bits per heavy atom. The monoisotopic (exact) mass is 291 g/mol. The smallest absolute Gasteiger partial charge is 0.332 e. The number of hydrogen-bond acceptors (Lipinski definition) is 5. The fourth-order valence-electron chi connectivity index (χ4n) is 2.64. The van der Waals surface area contributed by atoms with Crippen molar-refractivity contribution in [1.29, 1.82) is 5.26 Å². The summed E-state index contributed by atoms with van der Waals surface area (Å²) in [6, 6.07) is 1.37. The molecule has 1 aromatic rings. The van der Waals surface area contributed by atoms with Crippen molar-refractivity contribution in [1.82, 2.24) is 14.5 Å². The van der Waals surface area contributed by atoms with E-state index in [1.165, 1.54) is 18.7 Å². The second-order valence-corrected chi connectivity index (χ2v) is 4.92. The lowest BCUT2D eigenvalue weighted by Gasteiger charge is -2.37. The van der Waals surface area contributed by atoms with Gasteiger partial charge < -0.3 is 10.2 Å². The average molecular weight is 291 g/mol. The molecule has 8 heteroatoms. The van der Waals surface area contributed by atoms with Crippen molar-refractivity contribution in [2.45, 2.75) is 19.4 Å². The Hall–Kier alpha value is -2.56. The summed E-state index contributed by atoms with van der Waals surface area (Å²) >= 11 is 0. The molecule has 1 amide bonds. The van der Waals surface area contributed by atoms with E-state index in [4.69, 9.17) is 0 Å². The Balaban J connectivity index is 2.74. The Kier molecular flexibility index (Phi) is 3.84. The van der Waals surface area contributed by atoms with Crippen molar-refractivity contribution >= 4 is 11.7 Å². The van der Waals surface area contributed by atoms with Crippen molar-refractivity contribution in [3.8, 4) is 6.07 Å². The quantitative estimate of drug-likeness (QED) is 0.727. The van der Waals surface area contributed by atoms with Crippen LogP contribution in [-0.4, -0.2) is 34.2 Å². The number of nitrogens with zero attached hydrogens (tertiary/aromatic N) is 4. The molecular weight excluding hydrogens is 274 g/mol. The molecule has 21 heavy (non-hydrogen) atoms. The lowest BCUT2D eigenvalue weighted by atomic mass is 10.1. The molecule has 0 spiro atoms. The summed E-state index contributed by atoms with van der Waals surface area (Å²) in [5.74, 6) is 0.0491. The number of carbonyl (C=O) groups is 1. The first-order chi connectivity index (χ1) is 9.93. The lowest BCUT2D eigenvalue weighted by Crippen LogP contribution is -2.57. The fraction of sp³-hybridized carbons (Fsp3) is 0.538. The number of carbonyl (C=O) groups excluding carboxylic acids is 1. The summed E-state index contributed by atoms with van der Waals surface area (Å²) in [7, 11) is 2.83. The van der Waals surface area contributed by atoms with Gasteiger partial charge in [0.15, 0.2) is 5.56 Å². The normalized spacial score (nSPS) is 18.3. The molecule has 2 rings (SSSR count). The van der Waals surface area contributed by atoms with E-state index in [0.29, 0.717) is 19.5 Å². The van der Waals surface area contributed by atoms with E-state index in [1.54, 1.807) is 4.90 Å². The van der Waals surface area contributed by atoms with Gasteiger partial charge in [0.1, 0.15) is 17.9 Å². The molecule has 1 N–H and O–H groups in total. The van der Waals surface area contributed by atoms with Gasteiger partial charge in [-0.15, -0.1) is 0 Å². The van der Waals surface area contributed by atoms with Crippen LogP contribution in [0.1, 0.15) is 18.9 Å². The van der Waals surface area contributed by atoms with Crippen LogP contribution in [-0.2, 0) is 18.9 Å². The number of nitriles is 1. The Morgan fingerprint density at radius 1 is 1.29 bits per heavy atom. The van der Waals surface area contributed by atoms with Gasteiger partial charge in [-0.05, 0) is 6.42 Å². The van der Waals surface area contributed by atoms with Gasteiger partial charge in [-0.25, -0.2) is 4.79 Å². The van der Waals surface area contributed by atoms with Gasteiger partial charge in [0.2, 0.25) is 5.91 Å². The first-order valence-electron chi connectivity index (χ1n) is 6.68. The maximum Gasteiger partial charge on any atom is 0.332 e. The highest BCUT2D eigenvalue weighted by Gasteiger charge is 2.32. The number of hydrogen-bond donors (Lipinski definition) is 1. The molecular formula is C13H17N5O3. The van der Waals surface area contributed by atoms with Crippen LogP contribution < -0.4 is 21.5 Å². The van der Waals surface area contributed by atoms with E-state index >= 15 is 0 Å². The maximum absolute atomic E-state index is 12.1. The molecule has 1 aliphatic rings. The molecule has 0 radical (unpaired) electrons. The number of amides is 1. The molecule has 0 saturated carbocycles. The molecule has 1 aliphatic heterocycles. The van der Waals surface area contributed by atoms with Crippen LogP contribution in [0.25, 0.3) is 0 Å². The first kappa shape index (κ1) is 14.8. The zero-order valence-electron chi connectivity index (χ0n) is 12.2. The summed E-state index contributed by atoms with van der Waals surface area (Å²) in [4.78, 5) is 37.8. The van der Waals surface area contributed by atoms with E-state index in [1.807, 2.05) is 13.0 Å².